The summed E-state index contributed by atoms with van der Waals surface area (Å²) in [5.41, 5.74) is 12.4. The molecule has 0 saturated carbocycles. The van der Waals surface area contributed by atoms with Crippen molar-refractivity contribution in [2.24, 2.45) is 5.73 Å². The minimum atomic E-state index is -0.731. The van der Waals surface area contributed by atoms with Gasteiger partial charge in [0.25, 0.3) is 0 Å². The van der Waals surface area contributed by atoms with Gasteiger partial charge < -0.3 is 16.2 Å². The SMILES string of the molecule is COC(=O)C(N)c1ccc(N)cc1. The van der Waals surface area contributed by atoms with Gasteiger partial charge in [-0.1, -0.05) is 12.1 Å². The van der Waals surface area contributed by atoms with Crippen LogP contribution < -0.4 is 11.5 Å². The van der Waals surface area contributed by atoms with Gasteiger partial charge in [-0.05, 0) is 17.7 Å². The van der Waals surface area contributed by atoms with Crippen molar-refractivity contribution in [1.82, 2.24) is 0 Å². The van der Waals surface area contributed by atoms with Gasteiger partial charge in [-0.25, -0.2) is 0 Å². The number of nitrogen functional groups attached to an aromatic ring is 1. The van der Waals surface area contributed by atoms with Crippen LogP contribution in [0.2, 0.25) is 0 Å². The molecular weight excluding hydrogens is 168 g/mol. The molecule has 0 heterocycles. The van der Waals surface area contributed by atoms with Crippen LogP contribution in [0.15, 0.2) is 24.3 Å². The van der Waals surface area contributed by atoms with Crippen molar-refractivity contribution in [3.05, 3.63) is 29.8 Å². The molecule has 0 saturated heterocycles. The number of benzene rings is 1. The van der Waals surface area contributed by atoms with E-state index in [0.29, 0.717) is 11.3 Å². The van der Waals surface area contributed by atoms with Gasteiger partial charge in [0.2, 0.25) is 0 Å². The highest BCUT2D eigenvalue weighted by Gasteiger charge is 2.15. The summed E-state index contributed by atoms with van der Waals surface area (Å²) in [6.07, 6.45) is 0. The number of methoxy groups -OCH3 is 1. The Bertz CT molecular complexity index is 295. The van der Waals surface area contributed by atoms with Gasteiger partial charge >= 0.3 is 5.97 Å². The van der Waals surface area contributed by atoms with Crippen LogP contribution in [0.1, 0.15) is 11.6 Å². The lowest BCUT2D eigenvalue weighted by molar-refractivity contribution is -0.142. The Morgan fingerprint density at radius 2 is 1.92 bits per heavy atom. The number of hydrogen-bond acceptors (Lipinski definition) is 4. The molecule has 0 spiro atoms. The zero-order valence-corrected chi connectivity index (χ0v) is 7.36. The molecule has 1 aromatic carbocycles. The van der Waals surface area contributed by atoms with Gasteiger partial charge in [0.1, 0.15) is 6.04 Å². The summed E-state index contributed by atoms with van der Waals surface area (Å²) >= 11 is 0. The van der Waals surface area contributed by atoms with Gasteiger partial charge in [0.05, 0.1) is 7.11 Å². The second-order valence-corrected chi connectivity index (χ2v) is 2.67. The molecule has 0 bridgehead atoms. The molecule has 1 unspecified atom stereocenters. The van der Waals surface area contributed by atoms with Crippen LogP contribution in [0.5, 0.6) is 0 Å². The summed E-state index contributed by atoms with van der Waals surface area (Å²) in [5.74, 6) is -0.454. The Morgan fingerprint density at radius 1 is 1.38 bits per heavy atom. The van der Waals surface area contributed by atoms with E-state index in [-0.39, 0.29) is 0 Å². The molecule has 0 fully saturated rings. The fourth-order valence-electron chi connectivity index (χ4n) is 0.966. The van der Waals surface area contributed by atoms with Gasteiger partial charge in [0, 0.05) is 5.69 Å². The standard InChI is InChI=1S/C9H12N2O2/c1-13-9(12)8(11)6-2-4-7(10)5-3-6/h2-5,8H,10-11H2,1H3. The van der Waals surface area contributed by atoms with E-state index in [0.717, 1.165) is 0 Å². The predicted octanol–water partition coefficient (Wildman–Crippen LogP) is 0.442. The number of nitrogens with two attached hydrogens (primary N) is 2. The van der Waals surface area contributed by atoms with Crippen molar-refractivity contribution in [1.29, 1.82) is 0 Å². The molecule has 1 rings (SSSR count). The Kier molecular flexibility index (Phi) is 2.87. The molecule has 0 aliphatic heterocycles. The Labute approximate surface area is 76.5 Å². The maximum Gasteiger partial charge on any atom is 0.327 e. The molecule has 4 heteroatoms. The molecule has 0 aliphatic rings. The highest BCUT2D eigenvalue weighted by Crippen LogP contribution is 2.13. The number of esters is 1. The number of carbonyl (C=O) groups is 1. The highest BCUT2D eigenvalue weighted by atomic mass is 16.5. The Balaban J connectivity index is 2.83. The molecule has 0 radical (unpaired) electrons. The Hall–Kier alpha value is -1.55. The monoisotopic (exact) mass is 180 g/mol. The van der Waals surface area contributed by atoms with E-state index in [9.17, 15) is 4.79 Å². The van der Waals surface area contributed by atoms with Crippen molar-refractivity contribution in [3.8, 4) is 0 Å². The first-order chi connectivity index (χ1) is 6.15. The largest absolute Gasteiger partial charge is 0.468 e. The fraction of sp³-hybridized carbons (Fsp3) is 0.222. The minimum Gasteiger partial charge on any atom is -0.468 e. The number of carbonyl (C=O) groups excluding carboxylic acids is 1. The zero-order chi connectivity index (χ0) is 9.84. The average Bonchev–Trinajstić information content (AvgIpc) is 2.17. The summed E-state index contributed by atoms with van der Waals surface area (Å²) in [6, 6.07) is 6.06. The normalized spacial score (nSPS) is 12.2. The van der Waals surface area contributed by atoms with Gasteiger partial charge in [-0.15, -0.1) is 0 Å². The first-order valence-corrected chi connectivity index (χ1v) is 3.84. The average molecular weight is 180 g/mol. The molecule has 70 valence electrons. The van der Waals surface area contributed by atoms with Crippen molar-refractivity contribution >= 4 is 11.7 Å². The summed E-state index contributed by atoms with van der Waals surface area (Å²) in [7, 11) is 1.31. The van der Waals surface area contributed by atoms with Gasteiger partial charge in [-0.3, -0.25) is 4.79 Å². The number of rotatable bonds is 2. The van der Waals surface area contributed by atoms with Crippen LogP contribution in [0.25, 0.3) is 0 Å². The number of anilines is 1. The maximum absolute atomic E-state index is 11.0. The fourth-order valence-corrected chi connectivity index (χ4v) is 0.966. The van der Waals surface area contributed by atoms with Crippen LogP contribution in [0.3, 0.4) is 0 Å². The van der Waals surface area contributed by atoms with Crippen LogP contribution in [0.4, 0.5) is 5.69 Å². The summed E-state index contributed by atoms with van der Waals surface area (Å²) in [4.78, 5) is 11.0. The van der Waals surface area contributed by atoms with E-state index in [1.165, 1.54) is 7.11 Å². The first kappa shape index (κ1) is 9.54. The predicted molar refractivity (Wildman–Crippen MR) is 49.8 cm³/mol. The van der Waals surface area contributed by atoms with Crippen molar-refractivity contribution < 1.29 is 9.53 Å². The molecule has 4 nitrogen and oxygen atoms in total. The van der Waals surface area contributed by atoms with Crippen LogP contribution >= 0.6 is 0 Å². The lowest BCUT2D eigenvalue weighted by atomic mass is 10.1. The highest BCUT2D eigenvalue weighted by molar-refractivity contribution is 5.77. The van der Waals surface area contributed by atoms with Crippen LogP contribution in [-0.4, -0.2) is 13.1 Å². The lowest BCUT2D eigenvalue weighted by Gasteiger charge is -2.08. The first-order valence-electron chi connectivity index (χ1n) is 3.84. The quantitative estimate of drug-likeness (QED) is 0.511. The molecule has 0 aliphatic carbocycles. The lowest BCUT2D eigenvalue weighted by Crippen LogP contribution is -2.22. The minimum absolute atomic E-state index is 0.454. The smallest absolute Gasteiger partial charge is 0.327 e. The second kappa shape index (κ2) is 3.91. The number of hydrogen-bond donors (Lipinski definition) is 2. The van der Waals surface area contributed by atoms with Crippen molar-refractivity contribution in [3.63, 3.8) is 0 Å². The third kappa shape index (κ3) is 2.19. The van der Waals surface area contributed by atoms with Gasteiger partial charge in [0.15, 0.2) is 0 Å². The topological polar surface area (TPSA) is 78.3 Å². The molecule has 4 N–H and O–H groups in total. The van der Waals surface area contributed by atoms with E-state index < -0.39 is 12.0 Å². The van der Waals surface area contributed by atoms with Crippen LogP contribution in [0, 0.1) is 0 Å². The van der Waals surface area contributed by atoms with E-state index in [4.69, 9.17) is 11.5 Å². The third-order valence-electron chi connectivity index (χ3n) is 1.75. The number of ether oxygens (including phenoxy) is 1. The maximum atomic E-state index is 11.0. The summed E-state index contributed by atoms with van der Waals surface area (Å²) in [5, 5.41) is 0. The van der Waals surface area contributed by atoms with Crippen molar-refractivity contribution in [2.45, 2.75) is 6.04 Å². The van der Waals surface area contributed by atoms with E-state index >= 15 is 0 Å². The zero-order valence-electron chi connectivity index (χ0n) is 7.36. The Morgan fingerprint density at radius 3 is 2.38 bits per heavy atom. The summed E-state index contributed by atoms with van der Waals surface area (Å²) < 4.78 is 4.50. The molecule has 0 aromatic heterocycles. The van der Waals surface area contributed by atoms with Crippen molar-refractivity contribution in [2.75, 3.05) is 12.8 Å². The van der Waals surface area contributed by atoms with E-state index in [2.05, 4.69) is 4.74 Å². The molecular formula is C9H12N2O2. The summed E-state index contributed by atoms with van der Waals surface area (Å²) in [6.45, 7) is 0. The van der Waals surface area contributed by atoms with E-state index in [1.54, 1.807) is 24.3 Å². The van der Waals surface area contributed by atoms with E-state index in [1.807, 2.05) is 0 Å². The molecule has 0 amide bonds. The molecule has 13 heavy (non-hydrogen) atoms. The van der Waals surface area contributed by atoms with Crippen LogP contribution in [-0.2, 0) is 9.53 Å². The molecule has 1 aromatic rings. The second-order valence-electron chi connectivity index (χ2n) is 2.67. The third-order valence-corrected chi connectivity index (χ3v) is 1.75. The molecule has 1 atom stereocenters. The van der Waals surface area contributed by atoms with Gasteiger partial charge in [-0.2, -0.15) is 0 Å².